The molecule has 1 unspecified atom stereocenters. The number of nitrogens with zero attached hydrogens (tertiary/aromatic N) is 1. The molecule has 104 valence electrons. The Morgan fingerprint density at radius 3 is 3.05 bits per heavy atom. The fourth-order valence-corrected chi connectivity index (χ4v) is 2.57. The molecule has 1 aromatic rings. The van der Waals surface area contributed by atoms with Crippen LogP contribution in [0.4, 0.5) is 0 Å². The lowest BCUT2D eigenvalue weighted by Crippen LogP contribution is -2.47. The maximum Gasteiger partial charge on any atom is 0.226 e. The predicted octanol–water partition coefficient (Wildman–Crippen LogP) is 1.72. The van der Waals surface area contributed by atoms with Gasteiger partial charge in [0.15, 0.2) is 0 Å². The third-order valence-corrected chi connectivity index (χ3v) is 4.08. The van der Waals surface area contributed by atoms with Crippen molar-refractivity contribution in [3.8, 4) is 0 Å². The Morgan fingerprint density at radius 2 is 2.42 bits per heavy atom. The van der Waals surface area contributed by atoms with Gasteiger partial charge in [-0.15, -0.1) is 0 Å². The second-order valence-corrected chi connectivity index (χ2v) is 5.81. The molecule has 0 aliphatic carbocycles. The number of aromatic nitrogens is 1. The van der Waals surface area contributed by atoms with Crippen molar-refractivity contribution in [3.05, 3.63) is 30.1 Å². The Bertz CT molecular complexity index is 411. The third kappa shape index (κ3) is 3.53. The summed E-state index contributed by atoms with van der Waals surface area (Å²) in [4.78, 5) is 16.4. The topological polar surface area (TPSA) is 54.0 Å². The molecule has 2 rings (SSSR count). The van der Waals surface area contributed by atoms with Crippen LogP contribution in [0.15, 0.2) is 24.5 Å². The van der Waals surface area contributed by atoms with Gasteiger partial charge in [0.25, 0.3) is 0 Å². The maximum atomic E-state index is 12.4. The van der Waals surface area contributed by atoms with Crippen molar-refractivity contribution < 1.29 is 4.79 Å². The standard InChI is InChI=1S/C15H23N3O/c1-15(2,13-6-4-8-17-11-13)14(19)18-10-12-5-3-7-16-9-12/h3,5,7,9,13,17H,4,6,8,10-11H2,1-2H3,(H,18,19). The van der Waals surface area contributed by atoms with Gasteiger partial charge in [0.05, 0.1) is 0 Å². The van der Waals surface area contributed by atoms with Crippen LogP contribution in [0.3, 0.4) is 0 Å². The summed E-state index contributed by atoms with van der Waals surface area (Å²) in [5.41, 5.74) is 0.712. The van der Waals surface area contributed by atoms with Crippen LogP contribution in [-0.2, 0) is 11.3 Å². The molecule has 1 aromatic heterocycles. The lowest BCUT2D eigenvalue weighted by atomic mass is 9.74. The van der Waals surface area contributed by atoms with Gasteiger partial charge < -0.3 is 10.6 Å². The molecule has 1 aliphatic heterocycles. The minimum atomic E-state index is -0.324. The van der Waals surface area contributed by atoms with Crippen LogP contribution < -0.4 is 10.6 Å². The van der Waals surface area contributed by atoms with Gasteiger partial charge in [0, 0.05) is 24.4 Å². The molecule has 1 atom stereocenters. The molecule has 4 nitrogen and oxygen atoms in total. The van der Waals surface area contributed by atoms with Crippen molar-refractivity contribution in [2.45, 2.75) is 33.2 Å². The summed E-state index contributed by atoms with van der Waals surface area (Å²) < 4.78 is 0. The van der Waals surface area contributed by atoms with E-state index in [9.17, 15) is 4.79 Å². The van der Waals surface area contributed by atoms with Gasteiger partial charge in [0.2, 0.25) is 5.91 Å². The van der Waals surface area contributed by atoms with E-state index in [1.165, 1.54) is 0 Å². The molecule has 0 bridgehead atoms. The smallest absolute Gasteiger partial charge is 0.226 e. The van der Waals surface area contributed by atoms with Crippen molar-refractivity contribution in [1.29, 1.82) is 0 Å². The maximum absolute atomic E-state index is 12.4. The van der Waals surface area contributed by atoms with E-state index in [2.05, 4.69) is 15.6 Å². The molecule has 1 saturated heterocycles. The molecular formula is C15H23N3O. The van der Waals surface area contributed by atoms with Crippen molar-refractivity contribution in [2.75, 3.05) is 13.1 Å². The summed E-state index contributed by atoms with van der Waals surface area (Å²) in [6, 6.07) is 3.86. The first-order valence-electron chi connectivity index (χ1n) is 6.98. The minimum Gasteiger partial charge on any atom is -0.351 e. The van der Waals surface area contributed by atoms with E-state index in [0.29, 0.717) is 12.5 Å². The summed E-state index contributed by atoms with van der Waals surface area (Å²) in [7, 11) is 0. The highest BCUT2D eigenvalue weighted by atomic mass is 16.2. The lowest BCUT2D eigenvalue weighted by Gasteiger charge is -2.36. The quantitative estimate of drug-likeness (QED) is 0.868. The zero-order valence-electron chi connectivity index (χ0n) is 11.8. The average molecular weight is 261 g/mol. The molecule has 2 N–H and O–H groups in total. The number of amides is 1. The van der Waals surface area contributed by atoms with E-state index in [0.717, 1.165) is 31.5 Å². The Kier molecular flexibility index (Phi) is 4.53. The fourth-order valence-electron chi connectivity index (χ4n) is 2.57. The highest BCUT2D eigenvalue weighted by Crippen LogP contribution is 2.31. The van der Waals surface area contributed by atoms with Crippen LogP contribution in [0, 0.1) is 11.3 Å². The van der Waals surface area contributed by atoms with Crippen molar-refractivity contribution in [1.82, 2.24) is 15.6 Å². The molecule has 4 heteroatoms. The summed E-state index contributed by atoms with van der Waals surface area (Å²) >= 11 is 0. The number of hydrogen-bond acceptors (Lipinski definition) is 3. The van der Waals surface area contributed by atoms with Crippen molar-refractivity contribution in [2.24, 2.45) is 11.3 Å². The number of carbonyl (C=O) groups is 1. The van der Waals surface area contributed by atoms with Crippen molar-refractivity contribution in [3.63, 3.8) is 0 Å². The summed E-state index contributed by atoms with van der Waals surface area (Å²) in [5, 5.41) is 6.41. The fraction of sp³-hybridized carbons (Fsp3) is 0.600. The molecule has 0 radical (unpaired) electrons. The molecule has 1 amide bonds. The van der Waals surface area contributed by atoms with Gasteiger partial charge in [-0.3, -0.25) is 9.78 Å². The minimum absolute atomic E-state index is 0.130. The molecular weight excluding hydrogens is 238 g/mol. The second-order valence-electron chi connectivity index (χ2n) is 5.81. The van der Waals surface area contributed by atoms with Crippen LogP contribution >= 0.6 is 0 Å². The van der Waals surface area contributed by atoms with E-state index < -0.39 is 0 Å². The summed E-state index contributed by atoms with van der Waals surface area (Å²) in [6.45, 7) is 6.65. The van der Waals surface area contributed by atoms with E-state index >= 15 is 0 Å². The number of carbonyl (C=O) groups excluding carboxylic acids is 1. The molecule has 0 spiro atoms. The molecule has 0 aromatic carbocycles. The van der Waals surface area contributed by atoms with Crippen LogP contribution in [0.2, 0.25) is 0 Å². The molecule has 1 fully saturated rings. The van der Waals surface area contributed by atoms with Gasteiger partial charge in [-0.2, -0.15) is 0 Å². The summed E-state index contributed by atoms with van der Waals surface area (Å²) in [6.07, 6.45) is 5.81. The van der Waals surface area contributed by atoms with Gasteiger partial charge >= 0.3 is 0 Å². The normalized spacial score (nSPS) is 20.0. The highest BCUT2D eigenvalue weighted by molar-refractivity contribution is 5.82. The van der Waals surface area contributed by atoms with Crippen LogP contribution in [-0.4, -0.2) is 24.0 Å². The molecule has 0 saturated carbocycles. The van der Waals surface area contributed by atoms with Crippen LogP contribution in [0.25, 0.3) is 0 Å². The molecule has 19 heavy (non-hydrogen) atoms. The number of nitrogens with one attached hydrogen (secondary N) is 2. The SMILES string of the molecule is CC(C)(C(=O)NCc1cccnc1)C1CCCNC1. The van der Waals surface area contributed by atoms with Gasteiger partial charge in [-0.05, 0) is 43.5 Å². The average Bonchev–Trinajstić information content (AvgIpc) is 2.46. The number of rotatable bonds is 4. The van der Waals surface area contributed by atoms with Gasteiger partial charge in [-0.1, -0.05) is 19.9 Å². The van der Waals surface area contributed by atoms with E-state index in [4.69, 9.17) is 0 Å². The first-order valence-corrected chi connectivity index (χ1v) is 6.98. The lowest BCUT2D eigenvalue weighted by molar-refractivity contribution is -0.132. The van der Waals surface area contributed by atoms with E-state index in [1.54, 1.807) is 12.4 Å². The Morgan fingerprint density at radius 1 is 1.58 bits per heavy atom. The largest absolute Gasteiger partial charge is 0.351 e. The monoisotopic (exact) mass is 261 g/mol. The van der Waals surface area contributed by atoms with Crippen LogP contribution in [0.5, 0.6) is 0 Å². The molecule has 2 heterocycles. The Balaban J connectivity index is 1.90. The molecule has 1 aliphatic rings. The number of pyridine rings is 1. The first kappa shape index (κ1) is 14.0. The highest BCUT2D eigenvalue weighted by Gasteiger charge is 2.36. The Labute approximate surface area is 115 Å². The first-order chi connectivity index (χ1) is 9.10. The van der Waals surface area contributed by atoms with Crippen LogP contribution in [0.1, 0.15) is 32.3 Å². The van der Waals surface area contributed by atoms with Crippen molar-refractivity contribution >= 4 is 5.91 Å². The second kappa shape index (κ2) is 6.15. The number of hydrogen-bond donors (Lipinski definition) is 2. The third-order valence-electron chi connectivity index (χ3n) is 4.08. The van der Waals surface area contributed by atoms with Gasteiger partial charge in [-0.25, -0.2) is 0 Å². The summed E-state index contributed by atoms with van der Waals surface area (Å²) in [5.74, 6) is 0.542. The zero-order valence-corrected chi connectivity index (χ0v) is 11.8. The van der Waals surface area contributed by atoms with E-state index in [-0.39, 0.29) is 11.3 Å². The predicted molar refractivity (Wildman–Crippen MR) is 75.5 cm³/mol. The van der Waals surface area contributed by atoms with E-state index in [1.807, 2.05) is 26.0 Å². The Hall–Kier alpha value is -1.42. The number of piperidine rings is 1. The zero-order chi connectivity index (χ0) is 13.7. The van der Waals surface area contributed by atoms with Gasteiger partial charge in [0.1, 0.15) is 0 Å².